The average molecular weight is 417 g/mol. The Labute approximate surface area is 172 Å². The van der Waals surface area contributed by atoms with Gasteiger partial charge in [-0.15, -0.1) is 0 Å². The topological polar surface area (TPSA) is 77.4 Å². The molecule has 0 bridgehead atoms. The third kappa shape index (κ3) is 3.62. The maximum Gasteiger partial charge on any atom is 0.254 e. The summed E-state index contributed by atoms with van der Waals surface area (Å²) in [6.07, 6.45) is 5.19. The first kappa shape index (κ1) is 20.2. The first-order valence-corrected chi connectivity index (χ1v) is 11.8. The Hall–Kier alpha value is -2.12. The molecule has 2 heterocycles. The summed E-state index contributed by atoms with van der Waals surface area (Å²) in [5.41, 5.74) is 1.59. The molecule has 1 saturated carbocycles. The second-order valence-electron chi connectivity index (χ2n) is 8.00. The molecule has 1 saturated heterocycles. The number of sulfone groups is 1. The molecule has 2 aliphatic rings. The highest BCUT2D eigenvalue weighted by atomic mass is 32.2. The lowest BCUT2D eigenvalue weighted by atomic mass is 10.2. The van der Waals surface area contributed by atoms with Crippen LogP contribution in [-0.2, 0) is 19.4 Å². The molecule has 1 aliphatic heterocycles. The minimum atomic E-state index is -3.78. The van der Waals surface area contributed by atoms with Crippen LogP contribution in [0.4, 0.5) is 5.82 Å². The van der Waals surface area contributed by atoms with Crippen molar-refractivity contribution in [2.45, 2.75) is 74.3 Å². The van der Waals surface area contributed by atoms with Crippen molar-refractivity contribution >= 4 is 21.6 Å². The van der Waals surface area contributed by atoms with Gasteiger partial charge in [0.25, 0.3) is 5.91 Å². The van der Waals surface area contributed by atoms with Gasteiger partial charge in [-0.1, -0.05) is 31.0 Å². The van der Waals surface area contributed by atoms with Crippen molar-refractivity contribution in [1.29, 1.82) is 0 Å². The first-order chi connectivity index (χ1) is 13.9. The average Bonchev–Trinajstić information content (AvgIpc) is 3.45. The van der Waals surface area contributed by atoms with Gasteiger partial charge in [0.2, 0.25) is 9.84 Å². The number of ether oxygens (including phenoxy) is 1. The molecule has 2 aromatic rings. The Kier molecular flexibility index (Phi) is 5.53. The molecule has 1 unspecified atom stereocenters. The van der Waals surface area contributed by atoms with Crippen LogP contribution in [0.2, 0.25) is 0 Å². The summed E-state index contributed by atoms with van der Waals surface area (Å²) < 4.78 is 34.7. The number of carbonyl (C=O) groups excluding carboxylic acids is 1. The van der Waals surface area contributed by atoms with Crippen LogP contribution in [0, 0.1) is 13.8 Å². The molecule has 4 rings (SSSR count). The number of anilines is 1. The fourth-order valence-electron chi connectivity index (χ4n) is 4.56. The number of rotatable bonds is 5. The van der Waals surface area contributed by atoms with Crippen molar-refractivity contribution in [3.63, 3.8) is 0 Å². The number of carbonyl (C=O) groups is 1. The van der Waals surface area contributed by atoms with Gasteiger partial charge >= 0.3 is 0 Å². The predicted molar refractivity (Wildman–Crippen MR) is 111 cm³/mol. The van der Waals surface area contributed by atoms with Crippen LogP contribution in [0.15, 0.2) is 40.1 Å². The Balaban J connectivity index is 1.85. The second kappa shape index (κ2) is 7.95. The van der Waals surface area contributed by atoms with Gasteiger partial charge in [0.1, 0.15) is 16.8 Å². The van der Waals surface area contributed by atoms with Crippen molar-refractivity contribution in [2.24, 2.45) is 0 Å². The number of hydrogen-bond donors (Lipinski definition) is 1. The largest absolute Gasteiger partial charge is 0.368 e. The molecule has 1 N–H and O–H groups in total. The highest BCUT2D eigenvalue weighted by molar-refractivity contribution is 7.91. The number of nitrogens with one attached hydrogen (secondary N) is 1. The fraction of sp³-hybridized carbons (Fsp3) is 0.500. The normalized spacial score (nSPS) is 20.3. The van der Waals surface area contributed by atoms with Crippen LogP contribution in [-0.4, -0.2) is 31.6 Å². The summed E-state index contributed by atoms with van der Waals surface area (Å²) in [6, 6.07) is 8.63. The zero-order chi connectivity index (χ0) is 20.6. The van der Waals surface area contributed by atoms with Gasteiger partial charge in [-0.05, 0) is 57.2 Å². The lowest BCUT2D eigenvalue weighted by Crippen LogP contribution is -2.29. The summed E-state index contributed by atoms with van der Waals surface area (Å²) in [6.45, 7) is 4.34. The van der Waals surface area contributed by atoms with E-state index in [-0.39, 0.29) is 21.7 Å². The zero-order valence-electron chi connectivity index (χ0n) is 17.0. The lowest BCUT2D eigenvalue weighted by molar-refractivity contribution is -0.124. The van der Waals surface area contributed by atoms with Crippen molar-refractivity contribution in [3.05, 3.63) is 41.6 Å². The lowest BCUT2D eigenvalue weighted by Gasteiger charge is -2.21. The summed E-state index contributed by atoms with van der Waals surface area (Å²) >= 11 is 0. The Morgan fingerprint density at radius 2 is 1.76 bits per heavy atom. The minimum absolute atomic E-state index is 0.202. The van der Waals surface area contributed by atoms with Gasteiger partial charge in [-0.25, -0.2) is 8.42 Å². The number of amides is 1. The standard InChI is InChI=1S/C22H28N2O4S/c1-15-16(2)24(17-9-6-7-10-17)21(23-22(25)19-13-8-14-28-19)20(15)29(26,27)18-11-4-3-5-12-18/h3-5,11-12,17,19H,6-10,13-14H2,1-2H3,(H,23,25). The molecule has 1 aromatic carbocycles. The molecular weight excluding hydrogens is 388 g/mol. The zero-order valence-corrected chi connectivity index (χ0v) is 17.8. The molecule has 2 fully saturated rings. The van der Waals surface area contributed by atoms with E-state index in [0.717, 1.165) is 37.8 Å². The van der Waals surface area contributed by atoms with Crippen molar-refractivity contribution in [3.8, 4) is 0 Å². The molecule has 7 heteroatoms. The smallest absolute Gasteiger partial charge is 0.254 e. The molecule has 6 nitrogen and oxygen atoms in total. The second-order valence-corrected chi connectivity index (χ2v) is 9.89. The number of aromatic nitrogens is 1. The molecule has 156 valence electrons. The van der Waals surface area contributed by atoms with Gasteiger partial charge in [0.15, 0.2) is 0 Å². The SMILES string of the molecule is Cc1c(S(=O)(=O)c2ccccc2)c(NC(=O)C2CCCO2)n(C2CCCC2)c1C. The van der Waals surface area contributed by atoms with Gasteiger partial charge in [-0.3, -0.25) is 4.79 Å². The number of nitrogens with zero attached hydrogens (tertiary/aromatic N) is 1. The molecule has 1 aromatic heterocycles. The van der Waals surface area contributed by atoms with E-state index in [1.165, 1.54) is 0 Å². The molecule has 0 radical (unpaired) electrons. The van der Waals surface area contributed by atoms with Gasteiger partial charge in [0.05, 0.1) is 4.90 Å². The molecule has 0 spiro atoms. The monoisotopic (exact) mass is 416 g/mol. The Morgan fingerprint density at radius 3 is 2.38 bits per heavy atom. The van der Waals surface area contributed by atoms with E-state index in [9.17, 15) is 13.2 Å². The summed E-state index contributed by atoms with van der Waals surface area (Å²) in [5, 5.41) is 2.96. The number of hydrogen-bond acceptors (Lipinski definition) is 4. The van der Waals surface area contributed by atoms with Gasteiger partial charge in [-0.2, -0.15) is 0 Å². The summed E-state index contributed by atoms with van der Waals surface area (Å²) in [7, 11) is -3.78. The van der Waals surface area contributed by atoms with E-state index in [4.69, 9.17) is 4.74 Å². The molecule has 1 aliphatic carbocycles. The van der Waals surface area contributed by atoms with Crippen LogP contribution in [0.25, 0.3) is 0 Å². The summed E-state index contributed by atoms with van der Waals surface area (Å²) in [5.74, 6) is 0.139. The van der Waals surface area contributed by atoms with E-state index >= 15 is 0 Å². The maximum atomic E-state index is 13.6. The molecular formula is C22H28N2O4S. The van der Waals surface area contributed by atoms with Crippen LogP contribution in [0.5, 0.6) is 0 Å². The van der Waals surface area contributed by atoms with Gasteiger partial charge in [0, 0.05) is 18.3 Å². The molecule has 29 heavy (non-hydrogen) atoms. The highest BCUT2D eigenvalue weighted by Gasteiger charge is 2.35. The van der Waals surface area contributed by atoms with E-state index in [1.807, 2.05) is 18.4 Å². The highest BCUT2D eigenvalue weighted by Crippen LogP contribution is 2.41. The van der Waals surface area contributed by atoms with E-state index in [0.29, 0.717) is 24.4 Å². The Bertz CT molecular complexity index is 999. The van der Waals surface area contributed by atoms with Crippen LogP contribution in [0.1, 0.15) is 55.8 Å². The van der Waals surface area contributed by atoms with Crippen molar-refractivity contribution in [1.82, 2.24) is 4.57 Å². The van der Waals surface area contributed by atoms with Crippen LogP contribution >= 0.6 is 0 Å². The molecule has 1 atom stereocenters. The van der Waals surface area contributed by atoms with E-state index in [2.05, 4.69) is 5.32 Å². The maximum absolute atomic E-state index is 13.6. The Morgan fingerprint density at radius 1 is 1.07 bits per heavy atom. The first-order valence-electron chi connectivity index (χ1n) is 10.3. The van der Waals surface area contributed by atoms with Crippen molar-refractivity contribution < 1.29 is 17.9 Å². The van der Waals surface area contributed by atoms with E-state index < -0.39 is 15.9 Å². The molecule has 1 amide bonds. The van der Waals surface area contributed by atoms with Crippen molar-refractivity contribution in [2.75, 3.05) is 11.9 Å². The fourth-order valence-corrected chi connectivity index (χ4v) is 6.27. The quantitative estimate of drug-likeness (QED) is 0.794. The summed E-state index contributed by atoms with van der Waals surface area (Å²) in [4.78, 5) is 13.3. The third-order valence-corrected chi connectivity index (χ3v) is 8.11. The van der Waals surface area contributed by atoms with Gasteiger partial charge < -0.3 is 14.6 Å². The van der Waals surface area contributed by atoms with Crippen LogP contribution < -0.4 is 5.32 Å². The van der Waals surface area contributed by atoms with E-state index in [1.54, 1.807) is 30.3 Å². The minimum Gasteiger partial charge on any atom is -0.368 e. The predicted octanol–water partition coefficient (Wildman–Crippen LogP) is 4.17. The third-order valence-electron chi connectivity index (χ3n) is 6.18. The number of benzene rings is 1. The van der Waals surface area contributed by atoms with Crippen LogP contribution in [0.3, 0.4) is 0 Å².